The van der Waals surface area contributed by atoms with E-state index in [9.17, 15) is 25.2 Å². The monoisotopic (exact) mass is 928 g/mol. The maximum absolute atomic E-state index is 12.6. The molecule has 0 radical (unpaired) electrons. The first-order valence-corrected chi connectivity index (χ1v) is 29.0. The summed E-state index contributed by atoms with van der Waals surface area (Å²) in [7, 11) is 0. The van der Waals surface area contributed by atoms with Crippen LogP contribution < -0.4 is 5.32 Å². The summed E-state index contributed by atoms with van der Waals surface area (Å²) in [5, 5.41) is 43.9. The smallest absolute Gasteiger partial charge is 0.249 e. The van der Waals surface area contributed by atoms with Crippen LogP contribution in [0.15, 0.2) is 48.6 Å². The molecule has 6 nitrogen and oxygen atoms in total. The van der Waals surface area contributed by atoms with Crippen molar-refractivity contribution in [3.63, 3.8) is 0 Å². The first kappa shape index (κ1) is 64.3. The van der Waals surface area contributed by atoms with Crippen LogP contribution in [0.25, 0.3) is 0 Å². The third kappa shape index (κ3) is 47.3. The Labute approximate surface area is 410 Å². The molecule has 0 rings (SSSR count). The number of carbonyl (C=O) groups excluding carboxylic acids is 1. The van der Waals surface area contributed by atoms with E-state index in [-0.39, 0.29) is 0 Å². The number of nitrogens with one attached hydrogen (secondary N) is 1. The van der Waals surface area contributed by atoms with Gasteiger partial charge in [-0.2, -0.15) is 0 Å². The zero-order valence-corrected chi connectivity index (χ0v) is 43.9. The van der Waals surface area contributed by atoms with E-state index in [4.69, 9.17) is 0 Å². The lowest BCUT2D eigenvalue weighted by Crippen LogP contribution is -2.53. The molecule has 0 aromatic carbocycles. The van der Waals surface area contributed by atoms with Crippen LogP contribution in [0.3, 0.4) is 0 Å². The fraction of sp³-hybridized carbons (Fsp3) is 0.850. The zero-order valence-electron chi connectivity index (χ0n) is 43.9. The molecule has 6 heteroatoms. The summed E-state index contributed by atoms with van der Waals surface area (Å²) in [6.45, 7) is 4.06. The highest BCUT2D eigenvalue weighted by molar-refractivity contribution is 5.80. The lowest BCUT2D eigenvalue weighted by molar-refractivity contribution is -0.132. The van der Waals surface area contributed by atoms with Gasteiger partial charge in [-0.1, -0.05) is 255 Å². The average molecular weight is 929 g/mol. The van der Waals surface area contributed by atoms with E-state index < -0.39 is 36.9 Å². The second kappa shape index (κ2) is 54.2. The van der Waals surface area contributed by atoms with Crippen LogP contribution in [0, 0.1) is 0 Å². The van der Waals surface area contributed by atoms with Gasteiger partial charge in [0.25, 0.3) is 0 Å². The van der Waals surface area contributed by atoms with Gasteiger partial charge in [0.1, 0.15) is 12.2 Å². The number of hydrogen-bond donors (Lipinski definition) is 5. The molecule has 5 N–H and O–H groups in total. The molecule has 1 amide bonds. The van der Waals surface area contributed by atoms with E-state index in [0.29, 0.717) is 19.3 Å². The van der Waals surface area contributed by atoms with Crippen LogP contribution in [0.4, 0.5) is 0 Å². The maximum atomic E-state index is 12.6. The van der Waals surface area contributed by atoms with Crippen molar-refractivity contribution in [1.82, 2.24) is 5.32 Å². The molecular formula is C60H113NO5. The van der Waals surface area contributed by atoms with Gasteiger partial charge in [-0.3, -0.25) is 4.79 Å². The first-order chi connectivity index (χ1) is 32.5. The van der Waals surface area contributed by atoms with Gasteiger partial charge in [-0.05, 0) is 89.9 Å². The SMILES string of the molecule is CCCCCCCCCCC/C=C\CCCCCCCCC(O)C(=O)NC(CO)C(O)C(O)CCC/C=C/CC/C=C/CC/C=C/CCCCCCCCCCCCCCCCCCCC. The number of rotatable bonds is 53. The summed E-state index contributed by atoms with van der Waals surface area (Å²) in [5.74, 6) is -0.603. The van der Waals surface area contributed by atoms with Crippen LogP contribution in [0.1, 0.15) is 296 Å². The zero-order chi connectivity index (χ0) is 48.1. The van der Waals surface area contributed by atoms with Crippen molar-refractivity contribution < 1.29 is 25.2 Å². The van der Waals surface area contributed by atoms with Gasteiger partial charge in [0, 0.05) is 0 Å². The van der Waals surface area contributed by atoms with Gasteiger partial charge in [0.2, 0.25) is 5.91 Å². The average Bonchev–Trinajstić information content (AvgIpc) is 3.32. The van der Waals surface area contributed by atoms with Crippen molar-refractivity contribution in [2.45, 2.75) is 321 Å². The van der Waals surface area contributed by atoms with Crippen LogP contribution in [-0.4, -0.2) is 57.3 Å². The van der Waals surface area contributed by atoms with Gasteiger partial charge in [-0.25, -0.2) is 0 Å². The minimum atomic E-state index is -1.30. The third-order valence-corrected chi connectivity index (χ3v) is 13.5. The quantitative estimate of drug-likeness (QED) is 0.0308. The fourth-order valence-corrected chi connectivity index (χ4v) is 8.90. The molecule has 0 saturated heterocycles. The Morgan fingerprint density at radius 2 is 0.636 bits per heavy atom. The van der Waals surface area contributed by atoms with E-state index in [1.165, 1.54) is 199 Å². The minimum Gasteiger partial charge on any atom is -0.394 e. The largest absolute Gasteiger partial charge is 0.394 e. The van der Waals surface area contributed by atoms with Crippen molar-refractivity contribution >= 4 is 5.91 Å². The highest BCUT2D eigenvalue weighted by Gasteiger charge is 2.28. The number of hydrogen-bond acceptors (Lipinski definition) is 5. The van der Waals surface area contributed by atoms with Crippen molar-refractivity contribution in [3.05, 3.63) is 48.6 Å². The van der Waals surface area contributed by atoms with Gasteiger partial charge < -0.3 is 25.7 Å². The van der Waals surface area contributed by atoms with E-state index in [0.717, 1.165) is 64.2 Å². The van der Waals surface area contributed by atoms with Gasteiger partial charge in [0.05, 0.1) is 18.8 Å². The van der Waals surface area contributed by atoms with Crippen LogP contribution in [-0.2, 0) is 4.79 Å². The molecule has 4 atom stereocenters. The summed E-state index contributed by atoms with van der Waals surface area (Å²) in [6, 6.07) is -1.02. The molecule has 0 saturated carbocycles. The number of unbranched alkanes of at least 4 members (excludes halogenated alkanes) is 36. The Hall–Kier alpha value is -1.73. The second-order valence-electron chi connectivity index (χ2n) is 20.0. The predicted octanol–water partition coefficient (Wildman–Crippen LogP) is 17.0. The summed E-state index contributed by atoms with van der Waals surface area (Å²) >= 11 is 0. The van der Waals surface area contributed by atoms with Crippen molar-refractivity contribution in [2.24, 2.45) is 0 Å². The van der Waals surface area contributed by atoms with Crippen molar-refractivity contribution in [2.75, 3.05) is 6.61 Å². The van der Waals surface area contributed by atoms with Crippen LogP contribution in [0.5, 0.6) is 0 Å². The Balaban J connectivity index is 3.70. The van der Waals surface area contributed by atoms with Crippen molar-refractivity contribution in [3.8, 4) is 0 Å². The maximum Gasteiger partial charge on any atom is 0.249 e. The number of allylic oxidation sites excluding steroid dienone is 8. The molecule has 0 aromatic heterocycles. The molecular weight excluding hydrogens is 815 g/mol. The normalized spacial score (nSPS) is 14.1. The highest BCUT2D eigenvalue weighted by atomic mass is 16.3. The van der Waals surface area contributed by atoms with Gasteiger partial charge in [0.15, 0.2) is 0 Å². The minimum absolute atomic E-state index is 0.351. The highest BCUT2D eigenvalue weighted by Crippen LogP contribution is 2.17. The number of aliphatic hydroxyl groups is 4. The van der Waals surface area contributed by atoms with Crippen LogP contribution in [0.2, 0.25) is 0 Å². The number of aliphatic hydroxyl groups excluding tert-OH is 4. The molecule has 0 aliphatic rings. The Morgan fingerprint density at radius 1 is 0.364 bits per heavy atom. The lowest BCUT2D eigenvalue weighted by Gasteiger charge is -2.27. The molecule has 0 heterocycles. The molecule has 0 aliphatic carbocycles. The van der Waals surface area contributed by atoms with E-state index >= 15 is 0 Å². The topological polar surface area (TPSA) is 110 Å². The van der Waals surface area contributed by atoms with Gasteiger partial charge >= 0.3 is 0 Å². The summed E-state index contributed by atoms with van der Waals surface area (Å²) in [4.78, 5) is 12.6. The predicted molar refractivity (Wildman–Crippen MR) is 288 cm³/mol. The Bertz CT molecular complexity index is 1090. The molecule has 4 unspecified atom stereocenters. The first-order valence-electron chi connectivity index (χ1n) is 29.0. The third-order valence-electron chi connectivity index (χ3n) is 13.5. The number of amides is 1. The lowest BCUT2D eigenvalue weighted by atomic mass is 10.00. The Kier molecular flexibility index (Phi) is 52.8. The molecule has 388 valence electrons. The molecule has 0 aromatic rings. The van der Waals surface area contributed by atoms with Crippen molar-refractivity contribution in [1.29, 1.82) is 0 Å². The summed E-state index contributed by atoms with van der Waals surface area (Å²) < 4.78 is 0. The van der Waals surface area contributed by atoms with Gasteiger partial charge in [-0.15, -0.1) is 0 Å². The molecule has 66 heavy (non-hydrogen) atoms. The van der Waals surface area contributed by atoms with E-state index in [2.05, 4.69) is 67.8 Å². The standard InChI is InChI=1S/C60H113NO5/c1-3-5-7-9-11-13-15-17-19-21-23-24-25-26-27-28-29-30-31-32-33-34-36-37-39-41-43-45-47-49-51-53-57(63)59(65)56(55-62)61-60(66)58(64)54-52-50-48-46-44-42-40-38-35-22-20-18-16-14-12-10-8-6-4-2/h32-33,35,37-39,45,47,56-59,62-65H,3-31,34,36,40-44,46,48-55H2,1-2H3,(H,61,66)/b33-32+,38-35-,39-37+,47-45+. The molecule has 0 spiro atoms. The number of carbonyl (C=O) groups is 1. The van der Waals surface area contributed by atoms with E-state index in [1.807, 2.05) is 0 Å². The molecule has 0 fully saturated rings. The Morgan fingerprint density at radius 3 is 0.955 bits per heavy atom. The second-order valence-corrected chi connectivity index (χ2v) is 20.0. The van der Waals surface area contributed by atoms with E-state index in [1.54, 1.807) is 0 Å². The molecule has 0 aliphatic heterocycles. The summed E-state index contributed by atoms with van der Waals surface area (Å²) in [6.07, 6.45) is 69.1. The summed E-state index contributed by atoms with van der Waals surface area (Å²) in [5.41, 5.74) is 0. The molecule has 0 bridgehead atoms. The van der Waals surface area contributed by atoms with Crippen LogP contribution >= 0.6 is 0 Å². The fourth-order valence-electron chi connectivity index (χ4n) is 8.90.